The molecule has 0 unspecified atom stereocenters. The highest BCUT2D eigenvalue weighted by Crippen LogP contribution is 2.64. The third kappa shape index (κ3) is 1.71. The van der Waals surface area contributed by atoms with Crippen molar-refractivity contribution in [2.24, 2.45) is 34.5 Å². The lowest BCUT2D eigenvalue weighted by atomic mass is 9.45. The molecule has 0 radical (unpaired) electrons. The lowest BCUT2D eigenvalue weighted by Gasteiger charge is -2.60. The highest BCUT2D eigenvalue weighted by Gasteiger charge is 2.56. The summed E-state index contributed by atoms with van der Waals surface area (Å²) in [7, 11) is 0. The largest absolute Gasteiger partial charge is 0.393 e. The molecule has 4 aliphatic carbocycles. The van der Waals surface area contributed by atoms with Crippen LogP contribution in [0.25, 0.3) is 0 Å². The number of aliphatic hydroxyl groups excluding tert-OH is 1. The summed E-state index contributed by atoms with van der Waals surface area (Å²) < 4.78 is 0. The van der Waals surface area contributed by atoms with E-state index in [1.165, 1.54) is 38.5 Å². The quantitative estimate of drug-likeness (QED) is 0.642. The third-order valence-corrected chi connectivity index (χ3v) is 7.96. The van der Waals surface area contributed by atoms with E-state index in [0.29, 0.717) is 10.8 Å². The van der Waals surface area contributed by atoms with Gasteiger partial charge in [-0.25, -0.2) is 0 Å². The van der Waals surface area contributed by atoms with Gasteiger partial charge in [-0.15, -0.1) is 0 Å². The highest BCUT2D eigenvalue weighted by molar-refractivity contribution is 5.16. The molecule has 112 valence electrons. The van der Waals surface area contributed by atoms with Gasteiger partial charge in [-0.1, -0.05) is 26.0 Å². The Balaban J connectivity index is 1.63. The van der Waals surface area contributed by atoms with Crippen molar-refractivity contribution in [3.8, 4) is 0 Å². The Kier molecular flexibility index (Phi) is 2.91. The van der Waals surface area contributed by atoms with Crippen LogP contribution in [0.15, 0.2) is 12.2 Å². The van der Waals surface area contributed by atoms with Crippen LogP contribution in [-0.2, 0) is 0 Å². The van der Waals surface area contributed by atoms with Crippen LogP contribution in [0.3, 0.4) is 0 Å². The van der Waals surface area contributed by atoms with E-state index >= 15 is 0 Å². The molecule has 0 bridgehead atoms. The first-order valence-corrected chi connectivity index (χ1v) is 8.89. The molecule has 7 atom stereocenters. The lowest BCUT2D eigenvalue weighted by Crippen LogP contribution is -2.53. The monoisotopic (exact) mass is 274 g/mol. The van der Waals surface area contributed by atoms with Crippen LogP contribution in [-0.4, -0.2) is 11.2 Å². The Morgan fingerprint density at radius 1 is 1.00 bits per heavy atom. The fourth-order valence-electron chi connectivity index (χ4n) is 6.72. The van der Waals surface area contributed by atoms with E-state index in [-0.39, 0.29) is 6.10 Å². The van der Waals surface area contributed by atoms with Crippen LogP contribution in [0.5, 0.6) is 0 Å². The maximum absolute atomic E-state index is 10.0. The number of hydrogen-bond acceptors (Lipinski definition) is 1. The molecular formula is C19H30O. The van der Waals surface area contributed by atoms with Crippen molar-refractivity contribution in [2.75, 3.05) is 0 Å². The smallest absolute Gasteiger partial charge is 0.0543 e. The SMILES string of the molecule is C[C@@]12CC[C@@H](O)C[C@H]1CC[C@H]1[C@H]2CC[C@]2(C)C=CC[C@H]12. The third-order valence-electron chi connectivity index (χ3n) is 7.96. The zero-order valence-electron chi connectivity index (χ0n) is 13.1. The van der Waals surface area contributed by atoms with Crippen molar-refractivity contribution in [3.05, 3.63) is 12.2 Å². The number of hydrogen-bond donors (Lipinski definition) is 1. The van der Waals surface area contributed by atoms with Gasteiger partial charge in [0.2, 0.25) is 0 Å². The maximum Gasteiger partial charge on any atom is 0.0543 e. The summed E-state index contributed by atoms with van der Waals surface area (Å²) in [6.45, 7) is 5.09. The molecule has 0 aromatic rings. The molecule has 0 aromatic heterocycles. The van der Waals surface area contributed by atoms with Gasteiger partial charge < -0.3 is 5.11 Å². The summed E-state index contributed by atoms with van der Waals surface area (Å²) in [4.78, 5) is 0. The first-order valence-electron chi connectivity index (χ1n) is 8.89. The molecule has 1 nitrogen and oxygen atoms in total. The molecule has 0 amide bonds. The van der Waals surface area contributed by atoms with Gasteiger partial charge in [-0.3, -0.25) is 0 Å². The second-order valence-corrected chi connectivity index (χ2v) is 8.77. The second kappa shape index (κ2) is 4.35. The van der Waals surface area contributed by atoms with Gasteiger partial charge in [-0.2, -0.15) is 0 Å². The highest BCUT2D eigenvalue weighted by atomic mass is 16.3. The Bertz CT molecular complexity index is 427. The Hall–Kier alpha value is -0.300. The Morgan fingerprint density at radius 3 is 2.70 bits per heavy atom. The van der Waals surface area contributed by atoms with Crippen molar-refractivity contribution >= 4 is 0 Å². The van der Waals surface area contributed by atoms with Crippen molar-refractivity contribution in [2.45, 2.75) is 71.3 Å². The van der Waals surface area contributed by atoms with E-state index in [0.717, 1.165) is 36.5 Å². The first-order chi connectivity index (χ1) is 9.53. The number of allylic oxidation sites excluding steroid dienone is 2. The van der Waals surface area contributed by atoms with Crippen molar-refractivity contribution in [1.82, 2.24) is 0 Å². The molecular weight excluding hydrogens is 244 g/mol. The molecule has 0 heterocycles. The fraction of sp³-hybridized carbons (Fsp3) is 0.895. The average Bonchev–Trinajstić information content (AvgIpc) is 2.81. The van der Waals surface area contributed by atoms with Crippen LogP contribution >= 0.6 is 0 Å². The molecule has 1 N–H and O–H groups in total. The maximum atomic E-state index is 10.0. The van der Waals surface area contributed by atoms with Gasteiger partial charge in [0.05, 0.1) is 6.10 Å². The van der Waals surface area contributed by atoms with E-state index in [1.54, 1.807) is 0 Å². The van der Waals surface area contributed by atoms with Gasteiger partial charge in [-0.05, 0) is 85.9 Å². The van der Waals surface area contributed by atoms with Gasteiger partial charge in [0.15, 0.2) is 0 Å². The molecule has 4 aliphatic rings. The normalized spacial score (nSPS) is 57.9. The summed E-state index contributed by atoms with van der Waals surface area (Å²) in [5, 5.41) is 10.0. The summed E-state index contributed by atoms with van der Waals surface area (Å²) in [6.07, 6.45) is 15.4. The molecule has 0 aliphatic heterocycles. The first kappa shape index (κ1) is 13.4. The summed E-state index contributed by atoms with van der Waals surface area (Å²) >= 11 is 0. The van der Waals surface area contributed by atoms with E-state index in [9.17, 15) is 5.11 Å². The number of rotatable bonds is 0. The van der Waals surface area contributed by atoms with Crippen molar-refractivity contribution in [3.63, 3.8) is 0 Å². The van der Waals surface area contributed by atoms with Crippen LogP contribution < -0.4 is 0 Å². The standard InChI is InChI=1S/C19H30O/c1-18-9-3-4-16(18)15-6-5-13-12-14(20)7-11-19(13,2)17(15)8-10-18/h3,9,13-17,20H,4-8,10-12H2,1-2H3/t13-,14-,15-,16-,17-,18+,19-/m1/s1. The predicted molar refractivity (Wildman–Crippen MR) is 82.3 cm³/mol. The van der Waals surface area contributed by atoms with E-state index in [4.69, 9.17) is 0 Å². The van der Waals surface area contributed by atoms with Crippen LogP contribution in [0.1, 0.15) is 65.2 Å². The van der Waals surface area contributed by atoms with Crippen molar-refractivity contribution < 1.29 is 5.11 Å². The predicted octanol–water partition coefficient (Wildman–Crippen LogP) is 4.56. The van der Waals surface area contributed by atoms with Crippen LogP contribution in [0.4, 0.5) is 0 Å². The minimum atomic E-state index is -0.00775. The van der Waals surface area contributed by atoms with E-state index < -0.39 is 0 Å². The average molecular weight is 274 g/mol. The lowest BCUT2D eigenvalue weighted by molar-refractivity contribution is -0.116. The van der Waals surface area contributed by atoms with Crippen molar-refractivity contribution in [1.29, 1.82) is 0 Å². The molecule has 0 spiro atoms. The number of aliphatic hydroxyl groups is 1. The molecule has 20 heavy (non-hydrogen) atoms. The van der Waals surface area contributed by atoms with Gasteiger partial charge in [0, 0.05) is 0 Å². The van der Waals surface area contributed by atoms with Crippen LogP contribution in [0, 0.1) is 34.5 Å². The zero-order chi connectivity index (χ0) is 14.0. The van der Waals surface area contributed by atoms with Crippen LogP contribution in [0.2, 0.25) is 0 Å². The molecule has 3 saturated carbocycles. The van der Waals surface area contributed by atoms with Gasteiger partial charge in [0.25, 0.3) is 0 Å². The Labute approximate surface area is 123 Å². The summed E-state index contributed by atoms with van der Waals surface area (Å²) in [5.41, 5.74) is 1.05. The number of fused-ring (bicyclic) bond motifs is 5. The van der Waals surface area contributed by atoms with Gasteiger partial charge >= 0.3 is 0 Å². The molecule has 1 heteroatoms. The van der Waals surface area contributed by atoms with E-state index in [2.05, 4.69) is 26.0 Å². The molecule has 0 saturated heterocycles. The summed E-state index contributed by atoms with van der Waals surface area (Å²) in [6, 6.07) is 0. The minimum Gasteiger partial charge on any atom is -0.393 e. The molecule has 3 fully saturated rings. The minimum absolute atomic E-state index is 0.00775. The Morgan fingerprint density at radius 2 is 1.85 bits per heavy atom. The zero-order valence-corrected chi connectivity index (χ0v) is 13.1. The second-order valence-electron chi connectivity index (χ2n) is 8.77. The molecule has 4 rings (SSSR count). The molecule has 0 aromatic carbocycles. The fourth-order valence-corrected chi connectivity index (χ4v) is 6.72. The summed E-state index contributed by atoms with van der Waals surface area (Å²) in [5.74, 6) is 3.61. The van der Waals surface area contributed by atoms with E-state index in [1.807, 2.05) is 0 Å². The topological polar surface area (TPSA) is 20.2 Å². The van der Waals surface area contributed by atoms with Gasteiger partial charge in [0.1, 0.15) is 0 Å².